The molecule has 0 saturated carbocycles. The lowest BCUT2D eigenvalue weighted by atomic mass is 10.1. The molecule has 1 heterocycles. The van der Waals surface area contributed by atoms with E-state index in [1.807, 2.05) is 57.4 Å². The van der Waals surface area contributed by atoms with E-state index < -0.39 is 0 Å². The fraction of sp³-hybridized carbons (Fsp3) is 0.333. The first-order valence-electron chi connectivity index (χ1n) is 7.76. The predicted octanol–water partition coefficient (Wildman–Crippen LogP) is 3.19. The Morgan fingerprint density at radius 1 is 1.35 bits per heavy atom. The van der Waals surface area contributed by atoms with Crippen LogP contribution in [0.1, 0.15) is 19.4 Å². The zero-order valence-electron chi connectivity index (χ0n) is 14.0. The first-order valence-corrected chi connectivity index (χ1v) is 7.76. The van der Waals surface area contributed by atoms with Crippen LogP contribution >= 0.6 is 0 Å². The number of aromatic nitrogens is 2. The van der Waals surface area contributed by atoms with Gasteiger partial charge in [-0.15, -0.1) is 0 Å². The van der Waals surface area contributed by atoms with Crippen molar-refractivity contribution in [2.24, 2.45) is 7.05 Å². The highest BCUT2D eigenvalue weighted by Gasteiger charge is 2.14. The number of amides is 2. The van der Waals surface area contributed by atoms with Crippen LogP contribution in [0, 0.1) is 0 Å². The third-order valence-corrected chi connectivity index (χ3v) is 3.51. The van der Waals surface area contributed by atoms with E-state index in [1.54, 1.807) is 9.58 Å². The van der Waals surface area contributed by atoms with Crippen LogP contribution in [0.15, 0.2) is 48.7 Å². The Kier molecular flexibility index (Phi) is 5.57. The zero-order chi connectivity index (χ0) is 16.8. The molecule has 2 amide bonds. The standard InChI is InChI=1S/C18H24N4O/c1-5-22(12-14(2)3)18(23)19-11-16-13-21(4)20-17(16)15-9-7-6-8-10-15/h6-10,13H,2,5,11-12H2,1,3-4H3,(H,19,23). The van der Waals surface area contributed by atoms with Crippen LogP contribution in [0.5, 0.6) is 0 Å². The van der Waals surface area contributed by atoms with E-state index in [0.29, 0.717) is 19.6 Å². The number of likely N-dealkylation sites (N-methyl/N-ethyl adjacent to an activating group) is 1. The Morgan fingerprint density at radius 2 is 2.04 bits per heavy atom. The number of benzene rings is 1. The Morgan fingerprint density at radius 3 is 2.65 bits per heavy atom. The lowest BCUT2D eigenvalue weighted by molar-refractivity contribution is 0.204. The monoisotopic (exact) mass is 312 g/mol. The van der Waals surface area contributed by atoms with Gasteiger partial charge in [0, 0.05) is 44.0 Å². The first kappa shape index (κ1) is 16.8. The predicted molar refractivity (Wildman–Crippen MR) is 92.9 cm³/mol. The van der Waals surface area contributed by atoms with Crippen LogP contribution in [0.4, 0.5) is 4.79 Å². The second kappa shape index (κ2) is 7.63. The Balaban J connectivity index is 2.09. The van der Waals surface area contributed by atoms with Gasteiger partial charge in [0.25, 0.3) is 0 Å². The minimum atomic E-state index is -0.0848. The fourth-order valence-corrected chi connectivity index (χ4v) is 2.44. The minimum Gasteiger partial charge on any atom is -0.334 e. The van der Waals surface area contributed by atoms with E-state index in [-0.39, 0.29) is 6.03 Å². The van der Waals surface area contributed by atoms with Crippen LogP contribution in [-0.2, 0) is 13.6 Å². The van der Waals surface area contributed by atoms with Crippen molar-refractivity contribution in [3.8, 4) is 11.3 Å². The smallest absolute Gasteiger partial charge is 0.317 e. The molecule has 0 aliphatic carbocycles. The number of carbonyl (C=O) groups is 1. The molecule has 0 aliphatic rings. The maximum atomic E-state index is 12.3. The molecule has 0 atom stereocenters. The molecule has 0 aliphatic heterocycles. The highest BCUT2D eigenvalue weighted by atomic mass is 16.2. The van der Waals surface area contributed by atoms with Crippen molar-refractivity contribution >= 4 is 6.03 Å². The average molecular weight is 312 g/mol. The van der Waals surface area contributed by atoms with E-state index in [9.17, 15) is 4.79 Å². The van der Waals surface area contributed by atoms with E-state index in [2.05, 4.69) is 17.0 Å². The maximum Gasteiger partial charge on any atom is 0.317 e. The summed E-state index contributed by atoms with van der Waals surface area (Å²) in [6, 6.07) is 9.90. The number of carbonyl (C=O) groups excluding carboxylic acids is 1. The summed E-state index contributed by atoms with van der Waals surface area (Å²) >= 11 is 0. The topological polar surface area (TPSA) is 50.2 Å². The van der Waals surface area contributed by atoms with Crippen molar-refractivity contribution in [2.45, 2.75) is 20.4 Å². The van der Waals surface area contributed by atoms with Crippen molar-refractivity contribution in [1.82, 2.24) is 20.0 Å². The molecule has 1 N–H and O–H groups in total. The van der Waals surface area contributed by atoms with E-state index >= 15 is 0 Å². The molecule has 0 saturated heterocycles. The Labute approximate surface area is 137 Å². The number of rotatable bonds is 6. The second-order valence-corrected chi connectivity index (χ2v) is 5.67. The van der Waals surface area contributed by atoms with Crippen molar-refractivity contribution in [3.63, 3.8) is 0 Å². The van der Waals surface area contributed by atoms with Crippen molar-refractivity contribution < 1.29 is 4.79 Å². The maximum absolute atomic E-state index is 12.3. The van der Waals surface area contributed by atoms with Crippen molar-refractivity contribution in [2.75, 3.05) is 13.1 Å². The molecule has 1 aromatic heterocycles. The van der Waals surface area contributed by atoms with Gasteiger partial charge >= 0.3 is 6.03 Å². The summed E-state index contributed by atoms with van der Waals surface area (Å²) in [6.45, 7) is 9.42. The van der Waals surface area contributed by atoms with Gasteiger partial charge in [0.1, 0.15) is 0 Å². The lowest BCUT2D eigenvalue weighted by Gasteiger charge is -2.21. The van der Waals surface area contributed by atoms with E-state index in [1.165, 1.54) is 0 Å². The lowest BCUT2D eigenvalue weighted by Crippen LogP contribution is -2.40. The molecule has 0 fully saturated rings. The van der Waals surface area contributed by atoms with Crippen LogP contribution < -0.4 is 5.32 Å². The molecular formula is C18H24N4O. The van der Waals surface area contributed by atoms with Gasteiger partial charge < -0.3 is 10.2 Å². The molecule has 23 heavy (non-hydrogen) atoms. The second-order valence-electron chi connectivity index (χ2n) is 5.67. The zero-order valence-corrected chi connectivity index (χ0v) is 14.0. The van der Waals surface area contributed by atoms with Gasteiger partial charge in [-0.05, 0) is 13.8 Å². The molecule has 5 nitrogen and oxygen atoms in total. The Bertz CT molecular complexity index is 676. The summed E-state index contributed by atoms with van der Waals surface area (Å²) in [5.41, 5.74) is 3.91. The van der Waals surface area contributed by atoms with Crippen molar-refractivity contribution in [1.29, 1.82) is 0 Å². The number of nitrogens with zero attached hydrogens (tertiary/aromatic N) is 3. The average Bonchev–Trinajstić information content (AvgIpc) is 2.91. The highest BCUT2D eigenvalue weighted by Crippen LogP contribution is 2.21. The van der Waals surface area contributed by atoms with Gasteiger partial charge in [-0.2, -0.15) is 5.10 Å². The number of urea groups is 1. The molecular weight excluding hydrogens is 288 g/mol. The molecule has 122 valence electrons. The molecule has 0 radical (unpaired) electrons. The van der Waals surface area contributed by atoms with Gasteiger partial charge in [-0.1, -0.05) is 42.5 Å². The van der Waals surface area contributed by atoms with Gasteiger partial charge in [0.05, 0.1) is 5.69 Å². The number of nitrogens with one attached hydrogen (secondary N) is 1. The molecule has 2 aromatic rings. The van der Waals surface area contributed by atoms with Crippen molar-refractivity contribution in [3.05, 3.63) is 54.2 Å². The van der Waals surface area contributed by atoms with Gasteiger partial charge in [0.15, 0.2) is 0 Å². The molecule has 0 bridgehead atoms. The van der Waals surface area contributed by atoms with Crippen LogP contribution in [0.25, 0.3) is 11.3 Å². The number of hydrogen-bond donors (Lipinski definition) is 1. The Hall–Kier alpha value is -2.56. The highest BCUT2D eigenvalue weighted by molar-refractivity contribution is 5.75. The van der Waals surface area contributed by atoms with Gasteiger partial charge in [-0.3, -0.25) is 4.68 Å². The van der Waals surface area contributed by atoms with Crippen LogP contribution in [0.2, 0.25) is 0 Å². The molecule has 2 rings (SSSR count). The van der Waals surface area contributed by atoms with E-state index in [0.717, 1.165) is 22.4 Å². The molecule has 0 unspecified atom stereocenters. The summed E-state index contributed by atoms with van der Waals surface area (Å²) in [5, 5.41) is 7.48. The summed E-state index contributed by atoms with van der Waals surface area (Å²) in [7, 11) is 1.89. The quantitative estimate of drug-likeness (QED) is 0.833. The van der Waals surface area contributed by atoms with Gasteiger partial charge in [0.2, 0.25) is 0 Å². The summed E-state index contributed by atoms with van der Waals surface area (Å²) in [4.78, 5) is 14.0. The van der Waals surface area contributed by atoms with Crippen LogP contribution in [0.3, 0.4) is 0 Å². The SMILES string of the molecule is C=C(C)CN(CC)C(=O)NCc1cn(C)nc1-c1ccccc1. The normalized spacial score (nSPS) is 10.4. The fourth-order valence-electron chi connectivity index (χ4n) is 2.44. The third kappa shape index (κ3) is 4.45. The first-order chi connectivity index (χ1) is 11.0. The summed E-state index contributed by atoms with van der Waals surface area (Å²) in [6.07, 6.45) is 1.94. The summed E-state index contributed by atoms with van der Waals surface area (Å²) in [5.74, 6) is 0. The van der Waals surface area contributed by atoms with Gasteiger partial charge in [-0.25, -0.2) is 4.79 Å². The minimum absolute atomic E-state index is 0.0848. The molecule has 0 spiro atoms. The van der Waals surface area contributed by atoms with Crippen LogP contribution in [-0.4, -0.2) is 33.8 Å². The largest absolute Gasteiger partial charge is 0.334 e. The molecule has 5 heteroatoms. The number of hydrogen-bond acceptors (Lipinski definition) is 2. The summed E-state index contributed by atoms with van der Waals surface area (Å²) < 4.78 is 1.77. The third-order valence-electron chi connectivity index (χ3n) is 3.51. The molecule has 1 aromatic carbocycles. The number of aryl methyl sites for hydroxylation is 1. The van der Waals surface area contributed by atoms with E-state index in [4.69, 9.17) is 0 Å².